The number of methoxy groups -OCH3 is 1. The number of aromatic nitrogens is 2. The molecule has 3 rings (SSSR count). The SMILES string of the molecule is COc1ccc(C(=O)COC(=O)/C=C/c2c(C)nn(-c3ccccc3)c2C)cc1F. The number of halogens is 1. The molecule has 0 radical (unpaired) electrons. The molecule has 30 heavy (non-hydrogen) atoms. The van der Waals surface area contributed by atoms with Crippen molar-refractivity contribution >= 4 is 17.8 Å². The highest BCUT2D eigenvalue weighted by molar-refractivity contribution is 5.99. The summed E-state index contributed by atoms with van der Waals surface area (Å²) in [5.41, 5.74) is 3.43. The largest absolute Gasteiger partial charge is 0.494 e. The van der Waals surface area contributed by atoms with Crippen molar-refractivity contribution in [2.75, 3.05) is 13.7 Å². The third kappa shape index (κ3) is 4.63. The highest BCUT2D eigenvalue weighted by Crippen LogP contribution is 2.20. The lowest BCUT2D eigenvalue weighted by molar-refractivity contribution is -0.136. The van der Waals surface area contributed by atoms with Crippen LogP contribution < -0.4 is 4.74 Å². The molecule has 0 atom stereocenters. The fourth-order valence-corrected chi connectivity index (χ4v) is 2.98. The molecule has 1 heterocycles. The van der Waals surface area contributed by atoms with E-state index in [-0.39, 0.29) is 11.3 Å². The number of rotatable bonds is 7. The van der Waals surface area contributed by atoms with Crippen LogP contribution in [0.4, 0.5) is 4.39 Å². The summed E-state index contributed by atoms with van der Waals surface area (Å²) in [6.45, 7) is 3.26. The van der Waals surface area contributed by atoms with Crippen LogP contribution in [0.1, 0.15) is 27.3 Å². The fraction of sp³-hybridized carbons (Fsp3) is 0.174. The minimum atomic E-state index is -0.677. The normalized spacial score (nSPS) is 10.9. The Morgan fingerprint density at radius 3 is 2.53 bits per heavy atom. The van der Waals surface area contributed by atoms with Crippen molar-refractivity contribution in [2.45, 2.75) is 13.8 Å². The molecule has 0 aliphatic rings. The van der Waals surface area contributed by atoms with Gasteiger partial charge in [-0.3, -0.25) is 4.79 Å². The van der Waals surface area contributed by atoms with Crippen molar-refractivity contribution in [2.24, 2.45) is 0 Å². The molecular weight excluding hydrogens is 387 g/mol. The summed E-state index contributed by atoms with van der Waals surface area (Å²) in [6, 6.07) is 13.5. The molecule has 154 valence electrons. The molecule has 0 saturated carbocycles. The summed E-state index contributed by atoms with van der Waals surface area (Å²) in [6.07, 6.45) is 2.85. The topological polar surface area (TPSA) is 70.4 Å². The number of esters is 1. The molecule has 0 saturated heterocycles. The summed E-state index contributed by atoms with van der Waals surface area (Å²) in [5, 5.41) is 4.51. The van der Waals surface area contributed by atoms with Gasteiger partial charge in [0.15, 0.2) is 24.0 Å². The summed E-state index contributed by atoms with van der Waals surface area (Å²) >= 11 is 0. The van der Waals surface area contributed by atoms with Crippen LogP contribution in [-0.2, 0) is 9.53 Å². The Morgan fingerprint density at radius 2 is 1.87 bits per heavy atom. The van der Waals surface area contributed by atoms with Crippen molar-refractivity contribution in [3.05, 3.63) is 82.9 Å². The van der Waals surface area contributed by atoms with Crippen molar-refractivity contribution in [1.82, 2.24) is 9.78 Å². The smallest absolute Gasteiger partial charge is 0.331 e. The van der Waals surface area contributed by atoms with Gasteiger partial charge in [0.1, 0.15) is 0 Å². The number of carbonyl (C=O) groups is 2. The number of nitrogens with zero attached hydrogens (tertiary/aromatic N) is 2. The van der Waals surface area contributed by atoms with Crippen LogP contribution in [-0.4, -0.2) is 35.2 Å². The van der Waals surface area contributed by atoms with Crippen molar-refractivity contribution in [3.63, 3.8) is 0 Å². The van der Waals surface area contributed by atoms with E-state index in [1.54, 1.807) is 10.8 Å². The second-order valence-corrected chi connectivity index (χ2v) is 6.55. The number of Topliss-reactive ketones (excluding diaryl/α,β-unsaturated/α-hetero) is 1. The Balaban J connectivity index is 1.65. The van der Waals surface area contributed by atoms with Gasteiger partial charge in [0.2, 0.25) is 0 Å². The molecule has 2 aromatic carbocycles. The third-order valence-corrected chi connectivity index (χ3v) is 4.55. The van der Waals surface area contributed by atoms with E-state index in [0.717, 1.165) is 28.7 Å². The van der Waals surface area contributed by atoms with Crippen LogP contribution in [0.25, 0.3) is 11.8 Å². The van der Waals surface area contributed by atoms with E-state index in [0.29, 0.717) is 0 Å². The maximum Gasteiger partial charge on any atom is 0.331 e. The Bertz CT molecular complexity index is 1100. The van der Waals surface area contributed by atoms with Gasteiger partial charge in [-0.15, -0.1) is 0 Å². The molecule has 0 unspecified atom stereocenters. The van der Waals surface area contributed by atoms with Gasteiger partial charge in [0.05, 0.1) is 18.5 Å². The second kappa shape index (κ2) is 9.17. The molecule has 3 aromatic rings. The van der Waals surface area contributed by atoms with E-state index >= 15 is 0 Å². The van der Waals surface area contributed by atoms with Crippen LogP contribution in [0, 0.1) is 19.7 Å². The van der Waals surface area contributed by atoms with E-state index in [2.05, 4.69) is 5.10 Å². The predicted molar refractivity (Wildman–Crippen MR) is 110 cm³/mol. The first kappa shape index (κ1) is 21.0. The zero-order valence-corrected chi connectivity index (χ0v) is 16.9. The Kier molecular flexibility index (Phi) is 6.41. The molecular formula is C23H21FN2O4. The van der Waals surface area contributed by atoms with Gasteiger partial charge in [-0.05, 0) is 50.3 Å². The van der Waals surface area contributed by atoms with E-state index in [1.165, 1.54) is 25.3 Å². The van der Waals surface area contributed by atoms with Gasteiger partial charge < -0.3 is 9.47 Å². The molecule has 0 aliphatic carbocycles. The van der Waals surface area contributed by atoms with Gasteiger partial charge in [-0.25, -0.2) is 13.9 Å². The Labute approximate surface area is 173 Å². The Hall–Kier alpha value is -3.74. The molecule has 1 aromatic heterocycles. The van der Waals surface area contributed by atoms with Crippen LogP contribution in [0.3, 0.4) is 0 Å². The van der Waals surface area contributed by atoms with Crippen LogP contribution in [0.15, 0.2) is 54.6 Å². The van der Waals surface area contributed by atoms with E-state index < -0.39 is 24.2 Å². The number of ether oxygens (including phenoxy) is 2. The van der Waals surface area contributed by atoms with Gasteiger partial charge in [0, 0.05) is 22.9 Å². The first-order chi connectivity index (χ1) is 14.4. The zero-order chi connectivity index (χ0) is 21.7. The lowest BCUT2D eigenvalue weighted by Crippen LogP contribution is -2.12. The van der Waals surface area contributed by atoms with Crippen molar-refractivity contribution in [3.8, 4) is 11.4 Å². The number of hydrogen-bond acceptors (Lipinski definition) is 5. The summed E-state index contributed by atoms with van der Waals surface area (Å²) in [5.74, 6) is -1.81. The average molecular weight is 408 g/mol. The standard InChI is InChI=1S/C23H21FN2O4/c1-15-19(16(2)26(25-15)18-7-5-4-6-8-18)10-12-23(28)30-14-21(27)17-9-11-22(29-3)20(24)13-17/h4-13H,14H2,1-3H3/b12-10+. The molecule has 7 heteroatoms. The van der Waals surface area contributed by atoms with Crippen LogP contribution in [0.5, 0.6) is 5.75 Å². The van der Waals surface area contributed by atoms with Gasteiger partial charge in [0.25, 0.3) is 0 Å². The Morgan fingerprint density at radius 1 is 1.13 bits per heavy atom. The zero-order valence-electron chi connectivity index (χ0n) is 16.9. The third-order valence-electron chi connectivity index (χ3n) is 4.55. The minimum absolute atomic E-state index is 0.0354. The van der Waals surface area contributed by atoms with Gasteiger partial charge >= 0.3 is 5.97 Å². The monoisotopic (exact) mass is 408 g/mol. The summed E-state index contributed by atoms with van der Waals surface area (Å²) < 4.78 is 25.3. The van der Waals surface area contributed by atoms with E-state index in [9.17, 15) is 14.0 Å². The summed E-state index contributed by atoms with van der Waals surface area (Å²) in [7, 11) is 1.33. The van der Waals surface area contributed by atoms with Crippen LogP contribution in [0.2, 0.25) is 0 Å². The first-order valence-electron chi connectivity index (χ1n) is 9.24. The highest BCUT2D eigenvalue weighted by atomic mass is 19.1. The molecule has 0 spiro atoms. The molecule has 6 nitrogen and oxygen atoms in total. The van der Waals surface area contributed by atoms with Gasteiger partial charge in [-0.1, -0.05) is 18.2 Å². The molecule has 0 bridgehead atoms. The van der Waals surface area contributed by atoms with Crippen LogP contribution >= 0.6 is 0 Å². The fourth-order valence-electron chi connectivity index (χ4n) is 2.98. The molecule has 0 N–H and O–H groups in total. The highest BCUT2D eigenvalue weighted by Gasteiger charge is 2.13. The summed E-state index contributed by atoms with van der Waals surface area (Å²) in [4.78, 5) is 24.2. The second-order valence-electron chi connectivity index (χ2n) is 6.55. The first-order valence-corrected chi connectivity index (χ1v) is 9.24. The van der Waals surface area contributed by atoms with E-state index in [4.69, 9.17) is 9.47 Å². The maximum atomic E-state index is 13.7. The lowest BCUT2D eigenvalue weighted by Gasteiger charge is -2.05. The number of carbonyl (C=O) groups excluding carboxylic acids is 2. The average Bonchev–Trinajstić information content (AvgIpc) is 3.04. The number of hydrogen-bond donors (Lipinski definition) is 0. The van der Waals surface area contributed by atoms with Crippen molar-refractivity contribution < 1.29 is 23.5 Å². The number of benzene rings is 2. The molecule has 0 amide bonds. The number of ketones is 1. The lowest BCUT2D eigenvalue weighted by atomic mass is 10.1. The predicted octanol–water partition coefficient (Wildman–Crippen LogP) is 4.08. The maximum absolute atomic E-state index is 13.7. The minimum Gasteiger partial charge on any atom is -0.494 e. The van der Waals surface area contributed by atoms with E-state index in [1.807, 2.05) is 44.2 Å². The van der Waals surface area contributed by atoms with Crippen molar-refractivity contribution in [1.29, 1.82) is 0 Å². The molecule has 0 fully saturated rings. The van der Waals surface area contributed by atoms with Gasteiger partial charge in [-0.2, -0.15) is 5.10 Å². The quantitative estimate of drug-likeness (QED) is 0.335. The molecule has 0 aliphatic heterocycles. The number of aryl methyl sites for hydroxylation is 1. The number of para-hydroxylation sites is 1.